The number of piperidine rings is 1. The van der Waals surface area contributed by atoms with E-state index in [1.54, 1.807) is 43.3 Å². The fourth-order valence-corrected chi connectivity index (χ4v) is 5.50. The van der Waals surface area contributed by atoms with E-state index >= 15 is 0 Å². The summed E-state index contributed by atoms with van der Waals surface area (Å²) < 4.78 is 27.7. The summed E-state index contributed by atoms with van der Waals surface area (Å²) in [5.74, 6) is -0.318. The Hall–Kier alpha value is -2.71. The van der Waals surface area contributed by atoms with E-state index in [0.29, 0.717) is 35.6 Å². The molecule has 7 nitrogen and oxygen atoms in total. The third-order valence-corrected chi connectivity index (χ3v) is 7.76. The molecule has 1 aliphatic carbocycles. The smallest absolute Gasteiger partial charge is 0.255 e. The number of anilines is 2. The van der Waals surface area contributed by atoms with Gasteiger partial charge in [-0.05, 0) is 68.5 Å². The number of sulfonamides is 1. The van der Waals surface area contributed by atoms with Crippen molar-refractivity contribution >= 4 is 33.2 Å². The van der Waals surface area contributed by atoms with Crippen LogP contribution in [0.2, 0.25) is 0 Å². The molecule has 2 N–H and O–H groups in total. The van der Waals surface area contributed by atoms with Crippen LogP contribution in [0, 0.1) is 12.8 Å². The molecule has 0 spiro atoms. The van der Waals surface area contributed by atoms with E-state index in [9.17, 15) is 18.0 Å². The maximum absolute atomic E-state index is 13.1. The molecule has 2 amide bonds. The van der Waals surface area contributed by atoms with Gasteiger partial charge in [0.15, 0.2) is 0 Å². The summed E-state index contributed by atoms with van der Waals surface area (Å²) in [6.45, 7) is 2.81. The fourth-order valence-electron chi connectivity index (χ4n) is 3.73. The first-order chi connectivity index (χ1) is 14.8. The number of carbonyl (C=O) groups is 2. The van der Waals surface area contributed by atoms with E-state index in [4.69, 9.17) is 0 Å². The Morgan fingerprint density at radius 3 is 2.35 bits per heavy atom. The first-order valence-electron chi connectivity index (χ1n) is 10.7. The molecule has 0 radical (unpaired) electrons. The van der Waals surface area contributed by atoms with Crippen LogP contribution >= 0.6 is 0 Å². The Kier molecular flexibility index (Phi) is 6.11. The van der Waals surface area contributed by atoms with Crippen LogP contribution in [0.3, 0.4) is 0 Å². The second-order valence-corrected chi connectivity index (χ2v) is 10.1. The van der Waals surface area contributed by atoms with Gasteiger partial charge in [-0.15, -0.1) is 0 Å². The Labute approximate surface area is 182 Å². The summed E-state index contributed by atoms with van der Waals surface area (Å²) in [6, 6.07) is 11.7. The molecule has 31 heavy (non-hydrogen) atoms. The average Bonchev–Trinajstić information content (AvgIpc) is 3.61. The lowest BCUT2D eigenvalue weighted by Crippen LogP contribution is -2.36. The molecular weight excluding hydrogens is 414 g/mol. The second kappa shape index (κ2) is 8.80. The van der Waals surface area contributed by atoms with Gasteiger partial charge in [-0.25, -0.2) is 8.42 Å². The van der Waals surface area contributed by atoms with Gasteiger partial charge in [0.05, 0.1) is 4.90 Å². The Morgan fingerprint density at radius 1 is 0.935 bits per heavy atom. The molecule has 1 saturated heterocycles. The Bertz CT molecular complexity index is 1100. The van der Waals surface area contributed by atoms with Crippen LogP contribution in [0.15, 0.2) is 47.4 Å². The minimum Gasteiger partial charge on any atom is -0.326 e. The van der Waals surface area contributed by atoms with E-state index in [0.717, 1.165) is 32.1 Å². The third kappa shape index (κ3) is 4.97. The van der Waals surface area contributed by atoms with Gasteiger partial charge in [0, 0.05) is 35.9 Å². The van der Waals surface area contributed by atoms with Crippen molar-refractivity contribution in [1.29, 1.82) is 0 Å². The van der Waals surface area contributed by atoms with Gasteiger partial charge >= 0.3 is 0 Å². The van der Waals surface area contributed by atoms with Crippen LogP contribution in [-0.4, -0.2) is 37.6 Å². The fraction of sp³-hybridized carbons (Fsp3) is 0.391. The number of hydrogen-bond donors (Lipinski definition) is 2. The topological polar surface area (TPSA) is 95.6 Å². The highest BCUT2D eigenvalue weighted by Crippen LogP contribution is 2.30. The molecule has 0 unspecified atom stereocenters. The van der Waals surface area contributed by atoms with Gasteiger partial charge in [-0.3, -0.25) is 9.59 Å². The molecule has 2 aromatic carbocycles. The van der Waals surface area contributed by atoms with Gasteiger partial charge < -0.3 is 10.6 Å². The molecule has 0 aromatic heterocycles. The largest absolute Gasteiger partial charge is 0.326 e. The zero-order valence-electron chi connectivity index (χ0n) is 17.6. The summed E-state index contributed by atoms with van der Waals surface area (Å²) in [5.41, 5.74) is 2.02. The average molecular weight is 442 g/mol. The molecule has 8 heteroatoms. The van der Waals surface area contributed by atoms with Gasteiger partial charge in [-0.1, -0.05) is 18.6 Å². The molecule has 0 atom stereocenters. The van der Waals surface area contributed by atoms with Crippen molar-refractivity contribution in [2.45, 2.75) is 43.9 Å². The van der Waals surface area contributed by atoms with Crippen molar-refractivity contribution in [2.24, 2.45) is 5.92 Å². The van der Waals surface area contributed by atoms with Crippen LogP contribution < -0.4 is 10.6 Å². The van der Waals surface area contributed by atoms with Crippen LogP contribution in [0.25, 0.3) is 0 Å². The predicted molar refractivity (Wildman–Crippen MR) is 120 cm³/mol. The number of rotatable bonds is 6. The number of aryl methyl sites for hydroxylation is 1. The molecular formula is C23H27N3O4S. The highest BCUT2D eigenvalue weighted by molar-refractivity contribution is 7.89. The lowest BCUT2D eigenvalue weighted by atomic mass is 10.1. The van der Waals surface area contributed by atoms with E-state index in [2.05, 4.69) is 10.6 Å². The molecule has 2 fully saturated rings. The Balaban J connectivity index is 1.51. The molecule has 1 saturated carbocycles. The van der Waals surface area contributed by atoms with Crippen LogP contribution in [0.5, 0.6) is 0 Å². The van der Waals surface area contributed by atoms with Crippen molar-refractivity contribution in [3.8, 4) is 0 Å². The summed E-state index contributed by atoms with van der Waals surface area (Å²) in [4.78, 5) is 25.0. The maximum Gasteiger partial charge on any atom is 0.255 e. The minimum atomic E-state index is -3.60. The third-order valence-electron chi connectivity index (χ3n) is 5.72. The summed E-state index contributed by atoms with van der Waals surface area (Å²) in [6.07, 6.45) is 4.58. The maximum atomic E-state index is 13.1. The van der Waals surface area contributed by atoms with E-state index in [1.165, 1.54) is 10.4 Å². The van der Waals surface area contributed by atoms with Crippen molar-refractivity contribution in [2.75, 3.05) is 23.7 Å². The quantitative estimate of drug-likeness (QED) is 0.713. The molecule has 0 bridgehead atoms. The van der Waals surface area contributed by atoms with E-state index < -0.39 is 10.0 Å². The zero-order valence-corrected chi connectivity index (χ0v) is 18.4. The predicted octanol–water partition coefficient (Wildman–Crippen LogP) is 3.77. The van der Waals surface area contributed by atoms with Crippen molar-refractivity contribution in [1.82, 2.24) is 4.31 Å². The minimum absolute atomic E-state index is 0.0244. The van der Waals surface area contributed by atoms with Gasteiger partial charge in [0.1, 0.15) is 0 Å². The van der Waals surface area contributed by atoms with Crippen molar-refractivity contribution < 1.29 is 18.0 Å². The lowest BCUT2D eigenvalue weighted by molar-refractivity contribution is -0.117. The van der Waals surface area contributed by atoms with Gasteiger partial charge in [-0.2, -0.15) is 4.31 Å². The number of carbonyl (C=O) groups excluding carboxylic acids is 2. The standard InChI is InChI=1S/C23H27N3O4S/c1-16-8-11-20(15-21(16)31(29,30)26-12-3-2-4-13-26)25-23(28)18-6-5-7-19(14-18)24-22(27)17-9-10-17/h5-8,11,14-15,17H,2-4,9-10,12-13H2,1H3,(H,24,27)(H,25,28). The van der Waals surface area contributed by atoms with E-state index in [-0.39, 0.29) is 22.6 Å². The molecule has 164 valence electrons. The highest BCUT2D eigenvalue weighted by Gasteiger charge is 2.30. The summed E-state index contributed by atoms with van der Waals surface area (Å²) >= 11 is 0. The number of nitrogens with zero attached hydrogens (tertiary/aromatic N) is 1. The highest BCUT2D eigenvalue weighted by atomic mass is 32.2. The first kappa shape index (κ1) is 21.5. The zero-order chi connectivity index (χ0) is 22.0. The van der Waals surface area contributed by atoms with Crippen LogP contribution in [-0.2, 0) is 14.8 Å². The summed E-state index contributed by atoms with van der Waals surface area (Å²) in [5, 5.41) is 5.61. The molecule has 1 heterocycles. The number of nitrogens with one attached hydrogen (secondary N) is 2. The first-order valence-corrected chi connectivity index (χ1v) is 12.1. The van der Waals surface area contributed by atoms with Gasteiger partial charge in [0.25, 0.3) is 5.91 Å². The van der Waals surface area contributed by atoms with Crippen molar-refractivity contribution in [3.63, 3.8) is 0 Å². The number of hydrogen-bond acceptors (Lipinski definition) is 4. The normalized spacial score (nSPS) is 17.2. The Morgan fingerprint density at radius 2 is 1.65 bits per heavy atom. The van der Waals surface area contributed by atoms with Crippen LogP contribution in [0.1, 0.15) is 48.0 Å². The SMILES string of the molecule is Cc1ccc(NC(=O)c2cccc(NC(=O)C3CC3)c2)cc1S(=O)(=O)N1CCCCC1. The van der Waals surface area contributed by atoms with Crippen molar-refractivity contribution in [3.05, 3.63) is 53.6 Å². The van der Waals surface area contributed by atoms with E-state index in [1.807, 2.05) is 0 Å². The molecule has 2 aromatic rings. The summed E-state index contributed by atoms with van der Waals surface area (Å²) in [7, 11) is -3.60. The second-order valence-electron chi connectivity index (χ2n) is 8.24. The lowest BCUT2D eigenvalue weighted by Gasteiger charge is -2.26. The molecule has 2 aliphatic rings. The molecule has 4 rings (SSSR count). The number of benzene rings is 2. The van der Waals surface area contributed by atoms with Crippen LogP contribution in [0.4, 0.5) is 11.4 Å². The van der Waals surface area contributed by atoms with Gasteiger partial charge in [0.2, 0.25) is 15.9 Å². The monoisotopic (exact) mass is 441 g/mol. The number of amides is 2. The molecule has 1 aliphatic heterocycles.